The second-order valence-electron chi connectivity index (χ2n) is 4.68. The Hall–Kier alpha value is -1.30. The Bertz CT molecular complexity index is 318. The van der Waals surface area contributed by atoms with E-state index in [1.165, 1.54) is 0 Å². The first kappa shape index (κ1) is 12.2. The van der Waals surface area contributed by atoms with Crippen LogP contribution in [0.3, 0.4) is 0 Å². The molecule has 1 saturated heterocycles. The second-order valence-corrected chi connectivity index (χ2v) is 4.68. The van der Waals surface area contributed by atoms with Crippen molar-refractivity contribution in [1.82, 2.24) is 4.90 Å². The second kappa shape index (κ2) is 4.91. The highest BCUT2D eigenvalue weighted by atomic mass is 16.5. The highest BCUT2D eigenvalue weighted by molar-refractivity contribution is 6.07. The first-order chi connectivity index (χ1) is 8.20. The van der Waals surface area contributed by atoms with Crippen LogP contribution >= 0.6 is 0 Å². The summed E-state index contributed by atoms with van der Waals surface area (Å²) in [5, 5.41) is 11.8. The van der Waals surface area contributed by atoms with Gasteiger partial charge in [-0.3, -0.25) is 4.79 Å². The van der Waals surface area contributed by atoms with Crippen LogP contribution in [0, 0.1) is 5.41 Å². The monoisotopic (exact) mass is 241 g/mol. The lowest BCUT2D eigenvalue weighted by Crippen LogP contribution is -2.55. The van der Waals surface area contributed by atoms with Crippen LogP contribution in [0.25, 0.3) is 0 Å². The fraction of sp³-hybridized carbons (Fsp3) is 0.818. The largest absolute Gasteiger partial charge is 0.409 e. The molecule has 96 valence electrons. The number of hydrogen-bond acceptors (Lipinski definition) is 4. The Morgan fingerprint density at radius 1 is 1.29 bits per heavy atom. The molecular weight excluding hydrogens is 222 g/mol. The van der Waals surface area contributed by atoms with Gasteiger partial charge in [-0.05, 0) is 19.3 Å². The highest BCUT2D eigenvalue weighted by Gasteiger charge is 2.50. The van der Waals surface area contributed by atoms with E-state index in [1.807, 2.05) is 0 Å². The van der Waals surface area contributed by atoms with Gasteiger partial charge in [0.2, 0.25) is 5.91 Å². The molecule has 0 bridgehead atoms. The number of oxime groups is 1. The number of nitrogens with zero attached hydrogens (tertiary/aromatic N) is 2. The van der Waals surface area contributed by atoms with Crippen LogP contribution < -0.4 is 5.73 Å². The molecule has 1 aliphatic carbocycles. The zero-order valence-corrected chi connectivity index (χ0v) is 9.89. The normalized spacial score (nSPS) is 24.9. The van der Waals surface area contributed by atoms with Gasteiger partial charge in [-0.15, -0.1) is 0 Å². The molecule has 0 spiro atoms. The van der Waals surface area contributed by atoms with Gasteiger partial charge < -0.3 is 20.6 Å². The minimum absolute atomic E-state index is 0.00968. The average Bonchev–Trinajstić information content (AvgIpc) is 2.55. The smallest absolute Gasteiger partial charge is 0.236 e. The fourth-order valence-corrected chi connectivity index (χ4v) is 2.46. The van der Waals surface area contributed by atoms with E-state index in [2.05, 4.69) is 5.16 Å². The van der Waals surface area contributed by atoms with Crippen molar-refractivity contribution in [2.45, 2.75) is 25.7 Å². The molecular formula is C11H19N3O3. The van der Waals surface area contributed by atoms with E-state index in [4.69, 9.17) is 15.7 Å². The Kier molecular flexibility index (Phi) is 3.51. The molecule has 0 aromatic carbocycles. The molecule has 6 nitrogen and oxygen atoms in total. The molecule has 1 amide bonds. The Morgan fingerprint density at radius 2 is 2.06 bits per heavy atom. The molecule has 0 radical (unpaired) electrons. The molecule has 17 heavy (non-hydrogen) atoms. The molecule has 3 N–H and O–H groups in total. The summed E-state index contributed by atoms with van der Waals surface area (Å²) in [5.74, 6) is 0.0449. The third kappa shape index (κ3) is 2.09. The van der Waals surface area contributed by atoms with Crippen molar-refractivity contribution in [1.29, 1.82) is 0 Å². The van der Waals surface area contributed by atoms with Gasteiger partial charge in [0.1, 0.15) is 5.41 Å². The van der Waals surface area contributed by atoms with Crippen LogP contribution in [0.15, 0.2) is 5.16 Å². The van der Waals surface area contributed by atoms with Crippen molar-refractivity contribution in [3.05, 3.63) is 0 Å². The van der Waals surface area contributed by atoms with Gasteiger partial charge in [-0.2, -0.15) is 0 Å². The maximum Gasteiger partial charge on any atom is 0.236 e. The predicted octanol–water partition coefficient (Wildman–Crippen LogP) is 0.152. The summed E-state index contributed by atoms with van der Waals surface area (Å²) < 4.78 is 5.32. The van der Waals surface area contributed by atoms with Crippen molar-refractivity contribution in [2.75, 3.05) is 26.3 Å². The summed E-state index contributed by atoms with van der Waals surface area (Å²) in [7, 11) is 0. The molecule has 1 aliphatic heterocycles. The summed E-state index contributed by atoms with van der Waals surface area (Å²) in [6.45, 7) is 2.55. The van der Waals surface area contributed by atoms with Gasteiger partial charge in [0.15, 0.2) is 5.84 Å². The lowest BCUT2D eigenvalue weighted by Gasteiger charge is -2.42. The number of carbonyl (C=O) groups is 1. The van der Waals surface area contributed by atoms with Crippen molar-refractivity contribution in [3.8, 4) is 0 Å². The molecule has 1 heterocycles. The van der Waals surface area contributed by atoms with Crippen LogP contribution in [-0.2, 0) is 9.53 Å². The minimum Gasteiger partial charge on any atom is -0.409 e. The van der Waals surface area contributed by atoms with Crippen LogP contribution in [-0.4, -0.2) is 48.2 Å². The van der Waals surface area contributed by atoms with Crippen LogP contribution in [0.2, 0.25) is 0 Å². The number of rotatable bonds is 2. The van der Waals surface area contributed by atoms with Crippen LogP contribution in [0.4, 0.5) is 0 Å². The highest BCUT2D eigenvalue weighted by Crippen LogP contribution is 2.42. The van der Waals surface area contributed by atoms with E-state index < -0.39 is 5.41 Å². The molecule has 2 aliphatic rings. The molecule has 1 saturated carbocycles. The van der Waals surface area contributed by atoms with Crippen molar-refractivity contribution in [2.24, 2.45) is 16.3 Å². The summed E-state index contributed by atoms with van der Waals surface area (Å²) in [4.78, 5) is 14.2. The number of nitrogens with two attached hydrogens (primary N) is 1. The molecule has 6 heteroatoms. The summed E-state index contributed by atoms with van der Waals surface area (Å²) >= 11 is 0. The molecule has 0 aromatic rings. The summed E-state index contributed by atoms with van der Waals surface area (Å²) in [6.07, 6.45) is 3.16. The first-order valence-corrected chi connectivity index (χ1v) is 6.06. The van der Waals surface area contributed by atoms with Gasteiger partial charge >= 0.3 is 0 Å². The van der Waals surface area contributed by atoms with E-state index in [-0.39, 0.29) is 11.7 Å². The maximum absolute atomic E-state index is 12.5. The third-order valence-electron chi connectivity index (χ3n) is 3.72. The Morgan fingerprint density at radius 3 is 2.65 bits per heavy atom. The number of amidine groups is 1. The van der Waals surface area contributed by atoms with E-state index in [0.29, 0.717) is 39.1 Å². The van der Waals surface area contributed by atoms with Crippen molar-refractivity contribution in [3.63, 3.8) is 0 Å². The standard InChI is InChI=1S/C11H19N3O3/c12-9(13-16)11(3-1-4-11)10(15)14-5-2-7-17-8-6-14/h16H,1-8H2,(H2,12,13). The van der Waals surface area contributed by atoms with Gasteiger partial charge in [0, 0.05) is 19.7 Å². The molecule has 0 atom stereocenters. The zero-order chi connectivity index (χ0) is 12.3. The number of ether oxygens (including phenoxy) is 1. The van der Waals surface area contributed by atoms with E-state index in [1.54, 1.807) is 4.90 Å². The molecule has 2 fully saturated rings. The Labute approximate surface area is 100 Å². The summed E-state index contributed by atoms with van der Waals surface area (Å²) in [5.41, 5.74) is 4.93. The topological polar surface area (TPSA) is 88.2 Å². The Balaban J connectivity index is 2.11. The average molecular weight is 241 g/mol. The zero-order valence-electron chi connectivity index (χ0n) is 9.89. The van der Waals surface area contributed by atoms with E-state index in [9.17, 15) is 4.79 Å². The third-order valence-corrected chi connectivity index (χ3v) is 3.72. The quantitative estimate of drug-likeness (QED) is 0.312. The van der Waals surface area contributed by atoms with Crippen molar-refractivity contribution >= 4 is 11.7 Å². The lowest BCUT2D eigenvalue weighted by atomic mass is 9.67. The SMILES string of the molecule is NC(=NO)C1(C(=O)N2CCCOCC2)CCC1. The summed E-state index contributed by atoms with van der Waals surface area (Å²) in [6, 6.07) is 0. The van der Waals surface area contributed by atoms with Gasteiger partial charge in [0.25, 0.3) is 0 Å². The molecule has 0 aromatic heterocycles. The van der Waals surface area contributed by atoms with Gasteiger partial charge in [0.05, 0.1) is 6.61 Å². The lowest BCUT2D eigenvalue weighted by molar-refractivity contribution is -0.142. The number of carbonyl (C=O) groups excluding carboxylic acids is 1. The van der Waals surface area contributed by atoms with Gasteiger partial charge in [-0.1, -0.05) is 11.6 Å². The minimum atomic E-state index is -0.751. The van der Waals surface area contributed by atoms with Crippen LogP contribution in [0.5, 0.6) is 0 Å². The van der Waals surface area contributed by atoms with Crippen molar-refractivity contribution < 1.29 is 14.7 Å². The number of hydrogen-bond donors (Lipinski definition) is 2. The molecule has 2 rings (SSSR count). The van der Waals surface area contributed by atoms with E-state index in [0.717, 1.165) is 12.8 Å². The van der Waals surface area contributed by atoms with Crippen LogP contribution in [0.1, 0.15) is 25.7 Å². The maximum atomic E-state index is 12.5. The fourth-order valence-electron chi connectivity index (χ4n) is 2.46. The number of amides is 1. The first-order valence-electron chi connectivity index (χ1n) is 6.06. The molecule has 0 unspecified atom stereocenters. The van der Waals surface area contributed by atoms with E-state index >= 15 is 0 Å². The van der Waals surface area contributed by atoms with Gasteiger partial charge in [-0.25, -0.2) is 0 Å². The predicted molar refractivity (Wildman–Crippen MR) is 61.7 cm³/mol.